The van der Waals surface area contributed by atoms with Crippen LogP contribution in [-0.4, -0.2) is 30.8 Å². The van der Waals surface area contributed by atoms with Crippen LogP contribution >= 0.6 is 0 Å². The first-order valence-electron chi connectivity index (χ1n) is 5.55. The summed E-state index contributed by atoms with van der Waals surface area (Å²) >= 11 is 0. The van der Waals surface area contributed by atoms with Crippen molar-refractivity contribution in [1.82, 2.24) is 4.90 Å². The summed E-state index contributed by atoms with van der Waals surface area (Å²) in [5.41, 5.74) is 0.827. The Balaban J connectivity index is 2.47. The molecule has 1 unspecified atom stereocenters. The lowest BCUT2D eigenvalue weighted by molar-refractivity contribution is -0.120. The molecule has 1 saturated heterocycles. The van der Waals surface area contributed by atoms with Crippen molar-refractivity contribution >= 4 is 5.78 Å². The third kappa shape index (κ3) is 2.95. The monoisotopic (exact) mass is 195 g/mol. The number of carbonyl (C=O) groups is 1. The highest BCUT2D eigenvalue weighted by molar-refractivity contribution is 5.96. The van der Waals surface area contributed by atoms with Crippen molar-refractivity contribution in [3.63, 3.8) is 0 Å². The summed E-state index contributed by atoms with van der Waals surface area (Å²) < 4.78 is 0. The van der Waals surface area contributed by atoms with E-state index in [9.17, 15) is 4.79 Å². The highest BCUT2D eigenvalue weighted by Gasteiger charge is 2.24. The zero-order valence-electron chi connectivity index (χ0n) is 9.38. The maximum Gasteiger partial charge on any atom is 0.162 e. The first-order valence-corrected chi connectivity index (χ1v) is 5.55. The minimum atomic E-state index is 0.216. The molecule has 0 amide bonds. The molecule has 2 heteroatoms. The highest BCUT2D eigenvalue weighted by atomic mass is 16.1. The Morgan fingerprint density at radius 3 is 2.86 bits per heavy atom. The Morgan fingerprint density at radius 2 is 2.29 bits per heavy atom. The van der Waals surface area contributed by atoms with Gasteiger partial charge in [0.2, 0.25) is 0 Å². The fourth-order valence-corrected chi connectivity index (χ4v) is 2.09. The lowest BCUT2D eigenvalue weighted by Crippen LogP contribution is -2.36. The molecule has 0 aromatic rings. The predicted octanol–water partition coefficient (Wildman–Crippen LogP) is 2.25. The Labute approximate surface area is 87.0 Å². The minimum absolute atomic E-state index is 0.216. The lowest BCUT2D eigenvalue weighted by atomic mass is 9.89. The summed E-state index contributed by atoms with van der Waals surface area (Å²) in [6.07, 6.45) is 4.07. The smallest absolute Gasteiger partial charge is 0.162 e. The van der Waals surface area contributed by atoms with Crippen LogP contribution in [0.3, 0.4) is 0 Å². The fraction of sp³-hybridized carbons (Fsp3) is 0.750. The summed E-state index contributed by atoms with van der Waals surface area (Å²) in [6.45, 7) is 8.01. The maximum atomic E-state index is 11.9. The molecule has 1 fully saturated rings. The van der Waals surface area contributed by atoms with Gasteiger partial charge in [-0.2, -0.15) is 0 Å². The zero-order valence-corrected chi connectivity index (χ0v) is 9.38. The topological polar surface area (TPSA) is 20.3 Å². The van der Waals surface area contributed by atoms with Gasteiger partial charge in [-0.15, -0.1) is 0 Å². The van der Waals surface area contributed by atoms with Gasteiger partial charge in [0, 0.05) is 12.5 Å². The second-order valence-electron chi connectivity index (χ2n) is 4.32. The van der Waals surface area contributed by atoms with Crippen LogP contribution in [0.15, 0.2) is 12.2 Å². The van der Waals surface area contributed by atoms with Crippen molar-refractivity contribution in [2.24, 2.45) is 5.92 Å². The first kappa shape index (κ1) is 11.4. The van der Waals surface area contributed by atoms with Crippen molar-refractivity contribution in [1.29, 1.82) is 0 Å². The Kier molecular flexibility index (Phi) is 4.33. The number of hydrogen-bond acceptors (Lipinski definition) is 2. The van der Waals surface area contributed by atoms with Crippen molar-refractivity contribution in [2.75, 3.05) is 20.1 Å². The van der Waals surface area contributed by atoms with Gasteiger partial charge in [0.15, 0.2) is 5.78 Å². The third-order valence-electron chi connectivity index (χ3n) is 2.90. The van der Waals surface area contributed by atoms with E-state index >= 15 is 0 Å². The summed E-state index contributed by atoms with van der Waals surface area (Å²) in [5, 5.41) is 0. The SMILES string of the molecule is C=C(CCC)C(=O)C1CCCN(C)C1. The van der Waals surface area contributed by atoms with Crippen molar-refractivity contribution < 1.29 is 4.79 Å². The predicted molar refractivity (Wildman–Crippen MR) is 59.3 cm³/mol. The molecule has 0 aromatic heterocycles. The van der Waals surface area contributed by atoms with Gasteiger partial charge in [0.25, 0.3) is 0 Å². The largest absolute Gasteiger partial charge is 0.306 e. The van der Waals surface area contributed by atoms with Crippen LogP contribution < -0.4 is 0 Å². The number of piperidine rings is 1. The number of rotatable bonds is 4. The van der Waals surface area contributed by atoms with Crippen molar-refractivity contribution in [3.8, 4) is 0 Å². The minimum Gasteiger partial charge on any atom is -0.306 e. The van der Waals surface area contributed by atoms with Gasteiger partial charge in [-0.3, -0.25) is 4.79 Å². The number of likely N-dealkylation sites (tertiary alicyclic amines) is 1. The molecule has 0 spiro atoms. The number of Topliss-reactive ketones (excluding diaryl/α,β-unsaturated/α-hetero) is 1. The molecule has 1 heterocycles. The number of hydrogen-bond donors (Lipinski definition) is 0. The Morgan fingerprint density at radius 1 is 1.57 bits per heavy atom. The molecule has 1 aliphatic heterocycles. The average molecular weight is 195 g/mol. The Bertz CT molecular complexity index is 222. The quantitative estimate of drug-likeness (QED) is 0.641. The standard InChI is InChI=1S/C12H21NO/c1-4-6-10(2)12(14)11-7-5-8-13(3)9-11/h11H,2,4-9H2,1,3H3. The van der Waals surface area contributed by atoms with Gasteiger partial charge in [-0.25, -0.2) is 0 Å². The molecule has 0 aliphatic carbocycles. The van der Waals surface area contributed by atoms with Crippen LogP contribution in [0.25, 0.3) is 0 Å². The second-order valence-corrected chi connectivity index (χ2v) is 4.32. The molecular formula is C12H21NO. The van der Waals surface area contributed by atoms with Crippen LogP contribution in [-0.2, 0) is 4.79 Å². The molecule has 2 nitrogen and oxygen atoms in total. The van der Waals surface area contributed by atoms with Crippen LogP contribution in [0.5, 0.6) is 0 Å². The first-order chi connectivity index (χ1) is 6.65. The van der Waals surface area contributed by atoms with Gasteiger partial charge in [-0.1, -0.05) is 19.9 Å². The van der Waals surface area contributed by atoms with Crippen molar-refractivity contribution in [3.05, 3.63) is 12.2 Å². The molecule has 0 N–H and O–H groups in total. The van der Waals surface area contributed by atoms with E-state index in [-0.39, 0.29) is 5.92 Å². The molecule has 14 heavy (non-hydrogen) atoms. The van der Waals surface area contributed by atoms with E-state index in [4.69, 9.17) is 0 Å². The van der Waals surface area contributed by atoms with E-state index in [1.54, 1.807) is 0 Å². The van der Waals surface area contributed by atoms with Crippen LogP contribution in [0.1, 0.15) is 32.6 Å². The summed E-state index contributed by atoms with van der Waals surface area (Å²) in [6, 6.07) is 0. The number of allylic oxidation sites excluding steroid dienone is 1. The Hall–Kier alpha value is -0.630. The van der Waals surface area contributed by atoms with E-state index in [2.05, 4.69) is 25.5 Å². The van der Waals surface area contributed by atoms with Gasteiger partial charge in [-0.05, 0) is 38.4 Å². The van der Waals surface area contributed by atoms with Gasteiger partial charge < -0.3 is 4.90 Å². The zero-order chi connectivity index (χ0) is 10.6. The van der Waals surface area contributed by atoms with Gasteiger partial charge >= 0.3 is 0 Å². The summed E-state index contributed by atoms with van der Waals surface area (Å²) in [7, 11) is 2.09. The average Bonchev–Trinajstić information content (AvgIpc) is 2.17. The van der Waals surface area contributed by atoms with E-state index in [0.717, 1.165) is 44.3 Å². The van der Waals surface area contributed by atoms with Crippen LogP contribution in [0.4, 0.5) is 0 Å². The molecule has 1 atom stereocenters. The molecule has 1 aliphatic rings. The summed E-state index contributed by atoms with van der Waals surface area (Å²) in [5.74, 6) is 0.520. The molecular weight excluding hydrogens is 174 g/mol. The van der Waals surface area contributed by atoms with Crippen LogP contribution in [0.2, 0.25) is 0 Å². The van der Waals surface area contributed by atoms with E-state index in [1.165, 1.54) is 0 Å². The fourth-order valence-electron chi connectivity index (χ4n) is 2.09. The molecule has 80 valence electrons. The van der Waals surface area contributed by atoms with E-state index in [0.29, 0.717) is 5.78 Å². The maximum absolute atomic E-state index is 11.9. The van der Waals surface area contributed by atoms with Gasteiger partial charge in [0.05, 0.1) is 0 Å². The third-order valence-corrected chi connectivity index (χ3v) is 2.90. The second kappa shape index (κ2) is 5.30. The number of nitrogens with zero attached hydrogens (tertiary/aromatic N) is 1. The molecule has 0 bridgehead atoms. The summed E-state index contributed by atoms with van der Waals surface area (Å²) in [4.78, 5) is 14.1. The van der Waals surface area contributed by atoms with Crippen LogP contribution in [0, 0.1) is 5.92 Å². The normalized spacial score (nSPS) is 23.4. The number of carbonyl (C=O) groups excluding carboxylic acids is 1. The molecule has 0 radical (unpaired) electrons. The molecule has 0 saturated carbocycles. The van der Waals surface area contributed by atoms with Crippen molar-refractivity contribution in [2.45, 2.75) is 32.6 Å². The molecule has 0 aromatic carbocycles. The molecule has 1 rings (SSSR count). The van der Waals surface area contributed by atoms with E-state index in [1.807, 2.05) is 0 Å². The lowest BCUT2D eigenvalue weighted by Gasteiger charge is -2.29. The highest BCUT2D eigenvalue weighted by Crippen LogP contribution is 2.20. The van der Waals surface area contributed by atoms with E-state index < -0.39 is 0 Å². The number of ketones is 1. The van der Waals surface area contributed by atoms with Gasteiger partial charge in [0.1, 0.15) is 0 Å².